The lowest BCUT2D eigenvalue weighted by Crippen LogP contribution is -1.94. The van der Waals surface area contributed by atoms with Crippen molar-refractivity contribution in [2.75, 3.05) is 14.2 Å². The van der Waals surface area contributed by atoms with Crippen LogP contribution in [0.4, 0.5) is 4.39 Å². The number of oxime groups is 1. The minimum absolute atomic E-state index is 0.0221. The van der Waals surface area contributed by atoms with E-state index in [0.29, 0.717) is 27.6 Å². The molecule has 0 amide bonds. The molecule has 1 aromatic heterocycles. The molecule has 3 aromatic rings. The van der Waals surface area contributed by atoms with E-state index < -0.39 is 0 Å². The lowest BCUT2D eigenvalue weighted by molar-refractivity contribution is 0.112. The summed E-state index contributed by atoms with van der Waals surface area (Å²) in [5, 5.41) is 12.0. The number of benzene rings is 2. The highest BCUT2D eigenvalue weighted by molar-refractivity contribution is 6.32. The Bertz CT molecular complexity index is 944. The third kappa shape index (κ3) is 4.53. The van der Waals surface area contributed by atoms with Crippen molar-refractivity contribution in [3.8, 4) is 23.0 Å². The standard InChI is InChI=1S/C18H15ClFN3O4/c1-24-15-8-11(7-14(19)17(15)25-2)9-21-26-10-16-22-23-18(27-16)12-3-5-13(20)6-4-12/h3-9H,10H2,1-2H3. The Hall–Kier alpha value is -3.13. The van der Waals surface area contributed by atoms with Crippen LogP contribution in [-0.2, 0) is 11.4 Å². The summed E-state index contributed by atoms with van der Waals surface area (Å²) in [7, 11) is 3.02. The molecular weight excluding hydrogens is 377 g/mol. The van der Waals surface area contributed by atoms with E-state index in [4.69, 9.17) is 30.3 Å². The molecule has 7 nitrogen and oxygen atoms in total. The molecular formula is C18H15ClFN3O4. The fraction of sp³-hybridized carbons (Fsp3) is 0.167. The molecule has 0 atom stereocenters. The number of halogens is 2. The van der Waals surface area contributed by atoms with Crippen molar-refractivity contribution in [2.24, 2.45) is 5.16 Å². The van der Waals surface area contributed by atoms with Crippen molar-refractivity contribution in [3.05, 3.63) is 58.7 Å². The Kier molecular flexibility index (Phi) is 5.87. The molecule has 1 heterocycles. The zero-order valence-electron chi connectivity index (χ0n) is 14.5. The monoisotopic (exact) mass is 391 g/mol. The maximum absolute atomic E-state index is 12.9. The second-order valence-corrected chi connectivity index (χ2v) is 5.66. The molecule has 0 bridgehead atoms. The number of methoxy groups -OCH3 is 2. The van der Waals surface area contributed by atoms with Gasteiger partial charge in [0.25, 0.3) is 5.89 Å². The van der Waals surface area contributed by atoms with Crippen molar-refractivity contribution in [1.29, 1.82) is 0 Å². The van der Waals surface area contributed by atoms with E-state index in [1.165, 1.54) is 32.6 Å². The highest BCUT2D eigenvalue weighted by Crippen LogP contribution is 2.35. The number of hydrogen-bond acceptors (Lipinski definition) is 7. The van der Waals surface area contributed by atoms with Crippen LogP contribution in [0.15, 0.2) is 46.0 Å². The average Bonchev–Trinajstić information content (AvgIpc) is 3.14. The molecule has 0 saturated carbocycles. The van der Waals surface area contributed by atoms with Crippen LogP contribution in [0.1, 0.15) is 11.5 Å². The smallest absolute Gasteiger partial charge is 0.257 e. The second kappa shape index (κ2) is 8.50. The van der Waals surface area contributed by atoms with Gasteiger partial charge in [0.2, 0.25) is 5.89 Å². The number of ether oxygens (including phenoxy) is 2. The van der Waals surface area contributed by atoms with Crippen LogP contribution < -0.4 is 9.47 Å². The number of aromatic nitrogens is 2. The first-order valence-corrected chi connectivity index (χ1v) is 8.13. The Morgan fingerprint density at radius 2 is 1.93 bits per heavy atom. The van der Waals surface area contributed by atoms with Gasteiger partial charge in [-0.25, -0.2) is 4.39 Å². The number of nitrogens with zero attached hydrogens (tertiary/aromatic N) is 3. The van der Waals surface area contributed by atoms with Crippen molar-refractivity contribution in [2.45, 2.75) is 6.61 Å². The summed E-state index contributed by atoms with van der Waals surface area (Å²) in [6.07, 6.45) is 1.46. The van der Waals surface area contributed by atoms with Crippen LogP contribution in [0, 0.1) is 5.82 Å². The van der Waals surface area contributed by atoms with Crippen molar-refractivity contribution < 1.29 is 23.1 Å². The predicted octanol–water partition coefficient (Wildman–Crippen LogP) is 4.10. The van der Waals surface area contributed by atoms with Gasteiger partial charge in [-0.3, -0.25) is 0 Å². The Balaban J connectivity index is 1.62. The molecule has 0 aliphatic carbocycles. The topological polar surface area (TPSA) is 79.0 Å². The van der Waals surface area contributed by atoms with E-state index in [1.807, 2.05) is 0 Å². The lowest BCUT2D eigenvalue weighted by atomic mass is 10.2. The zero-order valence-corrected chi connectivity index (χ0v) is 15.2. The molecule has 0 fully saturated rings. The zero-order chi connectivity index (χ0) is 19.2. The second-order valence-electron chi connectivity index (χ2n) is 5.25. The van der Waals surface area contributed by atoms with Gasteiger partial charge in [-0.15, -0.1) is 10.2 Å². The van der Waals surface area contributed by atoms with E-state index in [0.717, 1.165) is 0 Å². The van der Waals surface area contributed by atoms with Crippen molar-refractivity contribution in [1.82, 2.24) is 10.2 Å². The third-order valence-corrected chi connectivity index (χ3v) is 3.76. The highest BCUT2D eigenvalue weighted by Gasteiger charge is 2.11. The summed E-state index contributed by atoms with van der Waals surface area (Å²) >= 11 is 6.13. The fourth-order valence-corrected chi connectivity index (χ4v) is 2.52. The molecule has 0 spiro atoms. The fourth-order valence-electron chi connectivity index (χ4n) is 2.22. The molecule has 0 aliphatic heterocycles. The van der Waals surface area contributed by atoms with Gasteiger partial charge < -0.3 is 18.7 Å². The summed E-state index contributed by atoms with van der Waals surface area (Å²) in [5.74, 6) is 1.08. The lowest BCUT2D eigenvalue weighted by Gasteiger charge is -2.09. The number of hydrogen-bond donors (Lipinski definition) is 0. The van der Waals surface area contributed by atoms with Gasteiger partial charge >= 0.3 is 0 Å². The molecule has 2 aromatic carbocycles. The molecule has 27 heavy (non-hydrogen) atoms. The average molecular weight is 392 g/mol. The van der Waals surface area contributed by atoms with Gasteiger partial charge in [-0.2, -0.15) is 0 Å². The first-order chi connectivity index (χ1) is 13.1. The molecule has 0 N–H and O–H groups in total. The van der Waals surface area contributed by atoms with Crippen LogP contribution in [0.5, 0.6) is 11.5 Å². The summed E-state index contributed by atoms with van der Waals surface area (Å²) in [5.41, 5.74) is 1.27. The largest absolute Gasteiger partial charge is 0.493 e. The third-order valence-electron chi connectivity index (χ3n) is 3.48. The molecule has 9 heteroatoms. The van der Waals surface area contributed by atoms with Crippen LogP contribution in [-0.4, -0.2) is 30.6 Å². The molecule has 0 aliphatic rings. The minimum atomic E-state index is -0.341. The predicted molar refractivity (Wildman–Crippen MR) is 96.6 cm³/mol. The SMILES string of the molecule is COc1cc(C=NOCc2nnc(-c3ccc(F)cc3)o2)cc(Cl)c1OC. The quantitative estimate of drug-likeness (QED) is 0.445. The number of rotatable bonds is 7. The normalized spacial score (nSPS) is 11.0. The van der Waals surface area contributed by atoms with Crippen LogP contribution in [0.3, 0.4) is 0 Å². The summed E-state index contributed by atoms with van der Waals surface area (Å²) in [4.78, 5) is 5.16. The van der Waals surface area contributed by atoms with Crippen molar-refractivity contribution >= 4 is 17.8 Å². The maximum Gasteiger partial charge on any atom is 0.257 e. The highest BCUT2D eigenvalue weighted by atomic mass is 35.5. The Morgan fingerprint density at radius 1 is 1.15 bits per heavy atom. The van der Waals surface area contributed by atoms with E-state index in [9.17, 15) is 4.39 Å². The molecule has 0 saturated heterocycles. The van der Waals surface area contributed by atoms with Gasteiger partial charge in [-0.05, 0) is 36.4 Å². The molecule has 3 rings (SSSR count). The van der Waals surface area contributed by atoms with Crippen LogP contribution in [0.25, 0.3) is 11.5 Å². The van der Waals surface area contributed by atoms with Crippen LogP contribution >= 0.6 is 11.6 Å². The minimum Gasteiger partial charge on any atom is -0.493 e. The van der Waals surface area contributed by atoms with Gasteiger partial charge in [0.15, 0.2) is 18.1 Å². The van der Waals surface area contributed by atoms with Crippen LogP contribution in [0.2, 0.25) is 5.02 Å². The molecule has 0 unspecified atom stereocenters. The summed E-state index contributed by atoms with van der Waals surface area (Å²) < 4.78 is 28.8. The Labute approximate surface area is 159 Å². The van der Waals surface area contributed by atoms with Crippen molar-refractivity contribution in [3.63, 3.8) is 0 Å². The first-order valence-electron chi connectivity index (χ1n) is 7.76. The maximum atomic E-state index is 12.9. The summed E-state index contributed by atoms with van der Waals surface area (Å²) in [6, 6.07) is 9.09. The van der Waals surface area contributed by atoms with Gasteiger partial charge in [0, 0.05) is 11.1 Å². The van der Waals surface area contributed by atoms with Gasteiger partial charge in [0.05, 0.1) is 25.5 Å². The first kappa shape index (κ1) is 18.7. The Morgan fingerprint density at radius 3 is 2.63 bits per heavy atom. The van der Waals surface area contributed by atoms with Gasteiger partial charge in [-0.1, -0.05) is 16.8 Å². The van der Waals surface area contributed by atoms with E-state index in [-0.39, 0.29) is 24.2 Å². The molecule has 0 radical (unpaired) electrons. The van der Waals surface area contributed by atoms with Gasteiger partial charge in [0.1, 0.15) is 5.82 Å². The summed E-state index contributed by atoms with van der Waals surface area (Å²) in [6.45, 7) is -0.0221. The van der Waals surface area contributed by atoms with E-state index >= 15 is 0 Å². The van der Waals surface area contributed by atoms with E-state index in [2.05, 4.69) is 15.4 Å². The molecule has 140 valence electrons. The van der Waals surface area contributed by atoms with E-state index in [1.54, 1.807) is 24.3 Å².